The van der Waals surface area contributed by atoms with Gasteiger partial charge >= 0.3 is 11.9 Å². The summed E-state index contributed by atoms with van der Waals surface area (Å²) in [5.74, 6) is 0.903. The second kappa shape index (κ2) is 15.0. The molecule has 2 aromatic carbocycles. The van der Waals surface area contributed by atoms with Gasteiger partial charge in [-0.1, -0.05) is 114 Å². The van der Waals surface area contributed by atoms with Gasteiger partial charge in [-0.15, -0.1) is 0 Å². The van der Waals surface area contributed by atoms with Crippen molar-refractivity contribution in [3.05, 3.63) is 71.8 Å². The minimum absolute atomic E-state index is 0.103. The summed E-state index contributed by atoms with van der Waals surface area (Å²) in [5, 5.41) is 0. The van der Waals surface area contributed by atoms with Gasteiger partial charge in [0.2, 0.25) is 0 Å². The monoisotopic (exact) mass is 560 g/mol. The fraction of sp³-hybridized carbons (Fsp3) is 0.622. The van der Waals surface area contributed by atoms with Gasteiger partial charge in [-0.3, -0.25) is 9.59 Å². The minimum atomic E-state index is -0.694. The fourth-order valence-corrected chi connectivity index (χ4v) is 7.54. The van der Waals surface area contributed by atoms with Crippen molar-refractivity contribution >= 4 is 11.9 Å². The minimum Gasteiger partial charge on any atom is -0.453 e. The largest absolute Gasteiger partial charge is 0.453 e. The topological polar surface area (TPSA) is 52.6 Å². The standard InChI is InChI=1S/C37H52O4/c1-5-27(6-2)28-19-21-31(22-20-28)35(38)40-33(29-15-11-9-12-16-29)34(30-17-13-10-14-18-30)41-36(39)32-23-25-37(7-3,8-4)26-24-32/h9-18,27-28,31-34H,5-8,19-26H2,1-4H3/t28?,31?,33-,34-/m1/s1. The molecule has 2 aromatic rings. The Kier molecular flexibility index (Phi) is 11.5. The molecule has 0 bridgehead atoms. The summed E-state index contributed by atoms with van der Waals surface area (Å²) in [6, 6.07) is 19.6. The van der Waals surface area contributed by atoms with E-state index in [1.807, 2.05) is 60.7 Å². The molecule has 2 aliphatic rings. The lowest BCUT2D eigenvalue weighted by atomic mass is 9.67. The van der Waals surface area contributed by atoms with Gasteiger partial charge in [-0.2, -0.15) is 0 Å². The van der Waals surface area contributed by atoms with E-state index in [4.69, 9.17) is 9.47 Å². The van der Waals surface area contributed by atoms with Gasteiger partial charge in [-0.25, -0.2) is 0 Å². The highest BCUT2D eigenvalue weighted by molar-refractivity contribution is 5.74. The molecular weight excluding hydrogens is 508 g/mol. The first kappa shape index (κ1) is 31.3. The molecule has 4 heteroatoms. The normalized spacial score (nSPS) is 22.6. The molecule has 4 nitrogen and oxygen atoms in total. The van der Waals surface area contributed by atoms with Crippen molar-refractivity contribution < 1.29 is 19.1 Å². The highest BCUT2D eigenvalue weighted by atomic mass is 16.6. The maximum atomic E-state index is 13.7. The third-order valence-corrected chi connectivity index (χ3v) is 10.7. The predicted molar refractivity (Wildman–Crippen MR) is 165 cm³/mol. The summed E-state index contributed by atoms with van der Waals surface area (Å²) in [5.41, 5.74) is 2.06. The van der Waals surface area contributed by atoms with Gasteiger partial charge < -0.3 is 9.47 Å². The predicted octanol–water partition coefficient (Wildman–Crippen LogP) is 9.79. The molecule has 2 saturated carbocycles. The SMILES string of the molecule is CCC(CC)C1CCC(C(=O)O[C@H](c2ccccc2)[C@H](OC(=O)C2CCC(CC)(CC)CC2)c2ccccc2)CC1. The third-order valence-electron chi connectivity index (χ3n) is 10.7. The van der Waals surface area contributed by atoms with Crippen LogP contribution in [0.5, 0.6) is 0 Å². The molecule has 2 fully saturated rings. The third kappa shape index (κ3) is 7.81. The van der Waals surface area contributed by atoms with Crippen LogP contribution in [0.2, 0.25) is 0 Å². The van der Waals surface area contributed by atoms with Crippen LogP contribution in [0.15, 0.2) is 60.7 Å². The fourth-order valence-electron chi connectivity index (χ4n) is 7.54. The number of carbonyl (C=O) groups is 2. The summed E-state index contributed by atoms with van der Waals surface area (Å²) < 4.78 is 12.8. The Labute approximate surface area is 248 Å². The van der Waals surface area contributed by atoms with Crippen molar-refractivity contribution in [1.29, 1.82) is 0 Å². The van der Waals surface area contributed by atoms with E-state index in [1.54, 1.807) is 0 Å². The van der Waals surface area contributed by atoms with E-state index in [1.165, 1.54) is 12.8 Å². The van der Waals surface area contributed by atoms with E-state index in [0.29, 0.717) is 11.3 Å². The van der Waals surface area contributed by atoms with Gasteiger partial charge in [0, 0.05) is 0 Å². The van der Waals surface area contributed by atoms with E-state index in [-0.39, 0.29) is 23.8 Å². The summed E-state index contributed by atoms with van der Waals surface area (Å²) in [6.45, 7) is 9.10. The number of carbonyl (C=O) groups excluding carboxylic acids is 2. The first-order valence-corrected chi connectivity index (χ1v) is 16.4. The number of ether oxygens (including phenoxy) is 2. The zero-order valence-corrected chi connectivity index (χ0v) is 25.9. The first-order valence-electron chi connectivity index (χ1n) is 16.4. The van der Waals surface area contributed by atoms with Crippen molar-refractivity contribution in [2.45, 2.75) is 117 Å². The van der Waals surface area contributed by atoms with Gasteiger partial charge in [-0.05, 0) is 79.7 Å². The highest BCUT2D eigenvalue weighted by Crippen LogP contribution is 2.45. The van der Waals surface area contributed by atoms with Crippen LogP contribution in [-0.2, 0) is 19.1 Å². The Morgan fingerprint density at radius 1 is 0.659 bits per heavy atom. The van der Waals surface area contributed by atoms with Crippen LogP contribution in [-0.4, -0.2) is 11.9 Å². The molecule has 4 rings (SSSR count). The summed E-state index contributed by atoms with van der Waals surface area (Å²) >= 11 is 0. The molecule has 0 unspecified atom stereocenters. The molecule has 0 aliphatic heterocycles. The summed E-state index contributed by atoms with van der Waals surface area (Å²) in [7, 11) is 0. The lowest BCUT2D eigenvalue weighted by molar-refractivity contribution is -0.177. The molecule has 0 heterocycles. The zero-order chi connectivity index (χ0) is 29.2. The van der Waals surface area contributed by atoms with E-state index in [2.05, 4.69) is 27.7 Å². The smallest absolute Gasteiger partial charge is 0.309 e. The number of hydrogen-bond acceptors (Lipinski definition) is 4. The van der Waals surface area contributed by atoms with Crippen LogP contribution >= 0.6 is 0 Å². The van der Waals surface area contributed by atoms with Gasteiger partial charge in [0.05, 0.1) is 11.8 Å². The van der Waals surface area contributed by atoms with Crippen molar-refractivity contribution in [3.63, 3.8) is 0 Å². The second-order valence-electron chi connectivity index (χ2n) is 12.7. The van der Waals surface area contributed by atoms with Crippen molar-refractivity contribution in [1.82, 2.24) is 0 Å². The van der Waals surface area contributed by atoms with Crippen LogP contribution in [0.4, 0.5) is 0 Å². The lowest BCUT2D eigenvalue weighted by Gasteiger charge is -2.39. The molecule has 224 valence electrons. The Balaban J connectivity index is 1.53. The lowest BCUT2D eigenvalue weighted by Crippen LogP contribution is -2.33. The molecule has 0 aromatic heterocycles. The molecular formula is C37H52O4. The number of rotatable bonds is 12. The zero-order valence-electron chi connectivity index (χ0n) is 25.9. The van der Waals surface area contributed by atoms with Crippen LogP contribution in [0.25, 0.3) is 0 Å². The Bertz CT molecular complexity index is 1050. The Hall–Kier alpha value is -2.62. The highest BCUT2D eigenvalue weighted by Gasteiger charge is 2.39. The number of esters is 2. The first-order chi connectivity index (χ1) is 19.9. The molecule has 0 amide bonds. The van der Waals surface area contributed by atoms with E-state index < -0.39 is 12.2 Å². The molecule has 41 heavy (non-hydrogen) atoms. The average molecular weight is 561 g/mol. The van der Waals surface area contributed by atoms with Crippen LogP contribution in [0.1, 0.15) is 128 Å². The van der Waals surface area contributed by atoms with Gasteiger partial charge in [0.1, 0.15) is 0 Å². The quantitative estimate of drug-likeness (QED) is 0.242. The van der Waals surface area contributed by atoms with Gasteiger partial charge in [0.15, 0.2) is 12.2 Å². The van der Waals surface area contributed by atoms with Crippen molar-refractivity contribution in [2.75, 3.05) is 0 Å². The maximum Gasteiger partial charge on any atom is 0.309 e. The van der Waals surface area contributed by atoms with E-state index in [9.17, 15) is 9.59 Å². The number of benzene rings is 2. The molecule has 2 aliphatic carbocycles. The Morgan fingerprint density at radius 3 is 1.46 bits per heavy atom. The van der Waals surface area contributed by atoms with Crippen LogP contribution in [0.3, 0.4) is 0 Å². The van der Waals surface area contributed by atoms with Crippen LogP contribution < -0.4 is 0 Å². The molecule has 0 spiro atoms. The van der Waals surface area contributed by atoms with E-state index in [0.717, 1.165) is 81.3 Å². The molecule has 2 atom stereocenters. The van der Waals surface area contributed by atoms with Crippen LogP contribution in [0, 0.1) is 29.1 Å². The summed E-state index contributed by atoms with van der Waals surface area (Å²) in [4.78, 5) is 27.4. The van der Waals surface area contributed by atoms with E-state index >= 15 is 0 Å². The molecule has 0 saturated heterocycles. The molecule has 0 N–H and O–H groups in total. The molecule has 0 radical (unpaired) electrons. The number of hydrogen-bond donors (Lipinski definition) is 0. The van der Waals surface area contributed by atoms with Gasteiger partial charge in [0.25, 0.3) is 0 Å². The second-order valence-corrected chi connectivity index (χ2v) is 12.7. The van der Waals surface area contributed by atoms with Crippen molar-refractivity contribution in [3.8, 4) is 0 Å². The summed E-state index contributed by atoms with van der Waals surface area (Å²) in [6.07, 6.45) is 11.1. The van der Waals surface area contributed by atoms with Crippen molar-refractivity contribution in [2.24, 2.45) is 29.1 Å². The average Bonchev–Trinajstić information content (AvgIpc) is 3.04. The maximum absolute atomic E-state index is 13.7. The Morgan fingerprint density at radius 2 is 1.07 bits per heavy atom.